The largest absolute Gasteiger partial charge is 0.354 e. The van der Waals surface area contributed by atoms with E-state index in [9.17, 15) is 18.0 Å². The lowest BCUT2D eigenvalue weighted by Crippen LogP contribution is -2.53. The third kappa shape index (κ3) is 9.05. The zero-order valence-electron chi connectivity index (χ0n) is 26.6. The van der Waals surface area contributed by atoms with E-state index in [-0.39, 0.29) is 23.8 Å². The molecule has 0 heterocycles. The Morgan fingerprint density at radius 2 is 1.36 bits per heavy atom. The lowest BCUT2D eigenvalue weighted by Gasteiger charge is -2.34. The van der Waals surface area contributed by atoms with Crippen molar-refractivity contribution in [2.24, 2.45) is 0 Å². The number of nitrogens with one attached hydrogen (secondary N) is 1. The number of amides is 2. The highest BCUT2D eigenvalue weighted by Crippen LogP contribution is 2.27. The molecule has 0 fully saturated rings. The zero-order chi connectivity index (χ0) is 32.4. The van der Waals surface area contributed by atoms with E-state index in [1.54, 1.807) is 30.3 Å². The van der Waals surface area contributed by atoms with Gasteiger partial charge in [-0.1, -0.05) is 97.8 Å². The van der Waals surface area contributed by atoms with Crippen LogP contribution in [-0.2, 0) is 32.6 Å². The van der Waals surface area contributed by atoms with Gasteiger partial charge in [-0.05, 0) is 73.7 Å². The molecule has 1 N–H and O–H groups in total. The van der Waals surface area contributed by atoms with Crippen LogP contribution in [0.2, 0.25) is 0 Å². The summed E-state index contributed by atoms with van der Waals surface area (Å²) in [6, 6.07) is 30.1. The van der Waals surface area contributed by atoms with Gasteiger partial charge in [-0.2, -0.15) is 0 Å². The van der Waals surface area contributed by atoms with Crippen LogP contribution in [-0.4, -0.2) is 44.3 Å². The van der Waals surface area contributed by atoms with Crippen molar-refractivity contribution in [2.45, 2.75) is 64.4 Å². The minimum absolute atomic E-state index is 0.0835. The number of hydrogen-bond acceptors (Lipinski definition) is 4. The maximum atomic E-state index is 14.6. The van der Waals surface area contributed by atoms with E-state index in [0.717, 1.165) is 40.7 Å². The Kier molecular flexibility index (Phi) is 11.5. The van der Waals surface area contributed by atoms with Gasteiger partial charge in [0.25, 0.3) is 10.0 Å². The second-order valence-electron chi connectivity index (χ2n) is 11.5. The van der Waals surface area contributed by atoms with Gasteiger partial charge >= 0.3 is 0 Å². The molecular formula is C37H43N3O4S. The minimum atomic E-state index is -4.13. The molecule has 0 aliphatic heterocycles. The lowest BCUT2D eigenvalue weighted by molar-refractivity contribution is -0.140. The zero-order valence-corrected chi connectivity index (χ0v) is 27.4. The van der Waals surface area contributed by atoms with Crippen LogP contribution in [0.1, 0.15) is 47.6 Å². The predicted molar refractivity (Wildman–Crippen MR) is 180 cm³/mol. The molecule has 0 aliphatic rings. The number of benzene rings is 4. The number of carbonyl (C=O) groups is 2. The van der Waals surface area contributed by atoms with E-state index in [0.29, 0.717) is 12.2 Å². The van der Waals surface area contributed by atoms with Crippen LogP contribution < -0.4 is 9.62 Å². The number of aryl methyl sites for hydroxylation is 3. The van der Waals surface area contributed by atoms with Gasteiger partial charge in [-0.15, -0.1) is 0 Å². The highest BCUT2D eigenvalue weighted by Gasteiger charge is 2.34. The highest BCUT2D eigenvalue weighted by molar-refractivity contribution is 7.92. The Bertz CT molecular complexity index is 1650. The quantitative estimate of drug-likeness (QED) is 0.165. The number of unbranched alkanes of at least 4 members (excludes halogenated alkanes) is 1. The lowest BCUT2D eigenvalue weighted by atomic mass is 10.0. The third-order valence-corrected chi connectivity index (χ3v) is 9.47. The van der Waals surface area contributed by atoms with Crippen LogP contribution in [0, 0.1) is 20.8 Å². The first-order chi connectivity index (χ1) is 21.6. The van der Waals surface area contributed by atoms with Crippen LogP contribution >= 0.6 is 0 Å². The van der Waals surface area contributed by atoms with Crippen molar-refractivity contribution in [1.82, 2.24) is 10.2 Å². The molecule has 0 saturated carbocycles. The first kappa shape index (κ1) is 33.5. The molecule has 4 aromatic rings. The second kappa shape index (κ2) is 15.5. The van der Waals surface area contributed by atoms with Crippen molar-refractivity contribution in [3.63, 3.8) is 0 Å². The molecule has 0 radical (unpaired) electrons. The van der Waals surface area contributed by atoms with Crippen LogP contribution in [0.5, 0.6) is 0 Å². The molecule has 2 amide bonds. The van der Waals surface area contributed by atoms with Gasteiger partial charge in [-0.3, -0.25) is 13.9 Å². The summed E-state index contributed by atoms with van der Waals surface area (Å²) in [6.07, 6.45) is 2.01. The Morgan fingerprint density at radius 1 is 0.756 bits per heavy atom. The molecule has 0 saturated heterocycles. The van der Waals surface area contributed by atoms with E-state index < -0.39 is 28.5 Å². The average molecular weight is 626 g/mol. The van der Waals surface area contributed by atoms with E-state index in [1.165, 1.54) is 21.3 Å². The van der Waals surface area contributed by atoms with E-state index >= 15 is 0 Å². The normalized spacial score (nSPS) is 11.9. The van der Waals surface area contributed by atoms with E-state index in [2.05, 4.69) is 12.2 Å². The summed E-state index contributed by atoms with van der Waals surface area (Å²) in [5.74, 6) is -0.738. The first-order valence-electron chi connectivity index (χ1n) is 15.4. The molecule has 8 heteroatoms. The average Bonchev–Trinajstić information content (AvgIpc) is 3.02. The fourth-order valence-corrected chi connectivity index (χ4v) is 6.71. The van der Waals surface area contributed by atoms with Gasteiger partial charge in [0.1, 0.15) is 12.6 Å². The third-order valence-electron chi connectivity index (χ3n) is 7.68. The molecule has 4 rings (SSSR count). The summed E-state index contributed by atoms with van der Waals surface area (Å²) < 4.78 is 29.5. The highest BCUT2D eigenvalue weighted by atomic mass is 32.2. The van der Waals surface area contributed by atoms with Gasteiger partial charge in [0, 0.05) is 19.5 Å². The number of nitrogens with zero attached hydrogens (tertiary/aromatic N) is 2. The Hall–Kier alpha value is -4.43. The van der Waals surface area contributed by atoms with Crippen LogP contribution in [0.4, 0.5) is 5.69 Å². The fourth-order valence-electron chi connectivity index (χ4n) is 5.29. The first-order valence-corrected chi connectivity index (χ1v) is 16.8. The van der Waals surface area contributed by atoms with Crippen molar-refractivity contribution < 1.29 is 18.0 Å². The van der Waals surface area contributed by atoms with Gasteiger partial charge in [-0.25, -0.2) is 8.42 Å². The van der Waals surface area contributed by atoms with Crippen molar-refractivity contribution >= 4 is 27.5 Å². The molecule has 236 valence electrons. The molecular weight excluding hydrogens is 582 g/mol. The number of anilines is 1. The van der Waals surface area contributed by atoms with Crippen molar-refractivity contribution in [2.75, 3.05) is 17.4 Å². The van der Waals surface area contributed by atoms with E-state index in [1.807, 2.05) is 81.4 Å². The second-order valence-corrected chi connectivity index (χ2v) is 13.4. The summed E-state index contributed by atoms with van der Waals surface area (Å²) in [6.45, 7) is 7.99. The number of hydrogen-bond donors (Lipinski definition) is 1. The van der Waals surface area contributed by atoms with Gasteiger partial charge in [0.05, 0.1) is 10.6 Å². The number of rotatable bonds is 14. The SMILES string of the molecule is CCCCNC(=O)[C@@H](Cc1ccccc1)N(Cc1ccc(C)cc1)C(=O)CN(c1cc(C)cc(C)c1)S(=O)(=O)c1ccccc1. The molecule has 0 spiro atoms. The molecule has 1 atom stereocenters. The summed E-state index contributed by atoms with van der Waals surface area (Å²) in [5.41, 5.74) is 4.96. The number of carbonyl (C=O) groups excluding carboxylic acids is 2. The smallest absolute Gasteiger partial charge is 0.264 e. The van der Waals surface area contributed by atoms with Gasteiger partial charge in [0.2, 0.25) is 11.8 Å². The van der Waals surface area contributed by atoms with Crippen LogP contribution in [0.15, 0.2) is 108 Å². The molecule has 0 unspecified atom stereocenters. The van der Waals surface area contributed by atoms with Crippen molar-refractivity contribution in [3.8, 4) is 0 Å². The number of sulfonamides is 1. The Morgan fingerprint density at radius 3 is 1.96 bits per heavy atom. The van der Waals surface area contributed by atoms with E-state index in [4.69, 9.17) is 0 Å². The standard InChI is InChI=1S/C37H43N3O4S/c1-5-6-21-38-37(42)35(25-31-13-9-7-10-14-31)39(26-32-19-17-28(2)18-20-32)36(41)27-40(33-23-29(3)22-30(4)24-33)45(43,44)34-15-11-8-12-16-34/h7-20,22-24,35H,5-6,21,25-27H2,1-4H3,(H,38,42)/t35-/m1/s1. The maximum absolute atomic E-state index is 14.6. The Balaban J connectivity index is 1.80. The summed E-state index contributed by atoms with van der Waals surface area (Å²) in [4.78, 5) is 30.0. The summed E-state index contributed by atoms with van der Waals surface area (Å²) in [5, 5.41) is 3.03. The molecule has 0 aromatic heterocycles. The molecule has 45 heavy (non-hydrogen) atoms. The van der Waals surface area contributed by atoms with Gasteiger partial charge < -0.3 is 10.2 Å². The van der Waals surface area contributed by atoms with Crippen molar-refractivity contribution in [1.29, 1.82) is 0 Å². The summed E-state index contributed by atoms with van der Waals surface area (Å²) >= 11 is 0. The Labute approximate surface area is 268 Å². The fraction of sp³-hybridized carbons (Fsp3) is 0.297. The summed E-state index contributed by atoms with van der Waals surface area (Å²) in [7, 11) is -4.13. The molecule has 0 bridgehead atoms. The topological polar surface area (TPSA) is 86.8 Å². The van der Waals surface area contributed by atoms with Crippen molar-refractivity contribution in [3.05, 3.63) is 131 Å². The van der Waals surface area contributed by atoms with Gasteiger partial charge in [0.15, 0.2) is 0 Å². The maximum Gasteiger partial charge on any atom is 0.264 e. The monoisotopic (exact) mass is 625 g/mol. The molecule has 7 nitrogen and oxygen atoms in total. The predicted octanol–water partition coefficient (Wildman–Crippen LogP) is 6.36. The molecule has 0 aliphatic carbocycles. The molecule has 4 aromatic carbocycles. The van der Waals surface area contributed by atoms with Crippen LogP contribution in [0.3, 0.4) is 0 Å². The van der Waals surface area contributed by atoms with Crippen LogP contribution in [0.25, 0.3) is 0 Å². The minimum Gasteiger partial charge on any atom is -0.354 e.